The molecule has 3 aromatic rings. The first-order chi connectivity index (χ1) is 11.5. The third-order valence-corrected chi connectivity index (χ3v) is 4.58. The maximum Gasteiger partial charge on any atom is 0.152 e. The molecule has 0 bridgehead atoms. The lowest BCUT2D eigenvalue weighted by Gasteiger charge is -2.25. The minimum atomic E-state index is -0.00622. The number of benzene rings is 1. The van der Waals surface area contributed by atoms with Crippen LogP contribution in [0.5, 0.6) is 0 Å². The SMILES string of the molecule is CCCCc1nc2c(N)nc3ccccc3c2n1CC(C)(C)CN. The van der Waals surface area contributed by atoms with Crippen molar-refractivity contribution in [2.45, 2.75) is 46.6 Å². The largest absolute Gasteiger partial charge is 0.382 e. The molecule has 128 valence electrons. The summed E-state index contributed by atoms with van der Waals surface area (Å²) in [6, 6.07) is 8.13. The minimum Gasteiger partial charge on any atom is -0.382 e. The van der Waals surface area contributed by atoms with Gasteiger partial charge in [0.2, 0.25) is 0 Å². The molecule has 0 aliphatic rings. The third-order valence-electron chi connectivity index (χ3n) is 4.58. The van der Waals surface area contributed by atoms with E-state index in [0.29, 0.717) is 12.4 Å². The van der Waals surface area contributed by atoms with Gasteiger partial charge >= 0.3 is 0 Å². The number of hydrogen-bond donors (Lipinski definition) is 2. The number of imidazole rings is 1. The molecule has 0 saturated carbocycles. The van der Waals surface area contributed by atoms with Gasteiger partial charge in [-0.05, 0) is 24.4 Å². The monoisotopic (exact) mass is 325 g/mol. The van der Waals surface area contributed by atoms with Gasteiger partial charge in [0.1, 0.15) is 11.3 Å². The molecule has 0 atom stereocenters. The normalized spacial score (nSPS) is 12.3. The number of rotatable bonds is 6. The van der Waals surface area contributed by atoms with Crippen LogP contribution in [0.4, 0.5) is 5.82 Å². The molecule has 0 radical (unpaired) electrons. The Morgan fingerprint density at radius 1 is 1.17 bits per heavy atom. The predicted molar refractivity (Wildman–Crippen MR) is 101 cm³/mol. The summed E-state index contributed by atoms with van der Waals surface area (Å²) in [6.07, 6.45) is 3.19. The Balaban J connectivity index is 2.30. The van der Waals surface area contributed by atoms with Gasteiger partial charge < -0.3 is 16.0 Å². The fourth-order valence-electron chi connectivity index (χ4n) is 3.09. The maximum atomic E-state index is 6.22. The summed E-state index contributed by atoms with van der Waals surface area (Å²) in [6.45, 7) is 8.03. The minimum absolute atomic E-state index is 0.00622. The Bertz CT molecular complexity index is 863. The van der Waals surface area contributed by atoms with Crippen molar-refractivity contribution in [3.8, 4) is 0 Å². The average Bonchev–Trinajstić information content (AvgIpc) is 2.92. The van der Waals surface area contributed by atoms with Crippen molar-refractivity contribution in [2.24, 2.45) is 11.1 Å². The highest BCUT2D eigenvalue weighted by atomic mass is 15.1. The van der Waals surface area contributed by atoms with Crippen LogP contribution in [-0.4, -0.2) is 21.1 Å². The highest BCUT2D eigenvalue weighted by Crippen LogP contribution is 2.31. The molecular formula is C19H27N5. The van der Waals surface area contributed by atoms with Crippen molar-refractivity contribution in [2.75, 3.05) is 12.3 Å². The lowest BCUT2D eigenvalue weighted by Crippen LogP contribution is -2.29. The van der Waals surface area contributed by atoms with E-state index in [-0.39, 0.29) is 5.41 Å². The second-order valence-corrected chi connectivity index (χ2v) is 7.30. The molecule has 2 aromatic heterocycles. The van der Waals surface area contributed by atoms with Crippen LogP contribution in [0, 0.1) is 5.41 Å². The Labute approximate surface area is 143 Å². The number of fused-ring (bicyclic) bond motifs is 3. The van der Waals surface area contributed by atoms with Crippen LogP contribution in [0.25, 0.3) is 21.9 Å². The molecule has 5 nitrogen and oxygen atoms in total. The molecule has 2 heterocycles. The van der Waals surface area contributed by atoms with E-state index in [0.717, 1.165) is 53.6 Å². The van der Waals surface area contributed by atoms with Crippen LogP contribution in [0.3, 0.4) is 0 Å². The highest BCUT2D eigenvalue weighted by Gasteiger charge is 2.23. The molecule has 0 saturated heterocycles. The van der Waals surface area contributed by atoms with Gasteiger partial charge in [-0.25, -0.2) is 9.97 Å². The topological polar surface area (TPSA) is 82.8 Å². The summed E-state index contributed by atoms with van der Waals surface area (Å²) in [5.41, 5.74) is 15.0. The number of aromatic nitrogens is 3. The zero-order valence-corrected chi connectivity index (χ0v) is 14.8. The molecule has 0 aliphatic carbocycles. The van der Waals surface area contributed by atoms with Gasteiger partial charge in [0.05, 0.1) is 11.0 Å². The van der Waals surface area contributed by atoms with Crippen LogP contribution in [0.1, 0.15) is 39.4 Å². The molecular weight excluding hydrogens is 298 g/mol. The molecule has 1 aromatic carbocycles. The summed E-state index contributed by atoms with van der Waals surface area (Å²) in [5, 5.41) is 1.10. The highest BCUT2D eigenvalue weighted by molar-refractivity contribution is 6.06. The molecule has 0 aliphatic heterocycles. The van der Waals surface area contributed by atoms with Gasteiger partial charge in [-0.15, -0.1) is 0 Å². The van der Waals surface area contributed by atoms with Gasteiger partial charge in [0, 0.05) is 18.4 Å². The van der Waals surface area contributed by atoms with E-state index in [1.807, 2.05) is 18.2 Å². The summed E-state index contributed by atoms with van der Waals surface area (Å²) >= 11 is 0. The first kappa shape index (κ1) is 16.7. The molecule has 0 fully saturated rings. The van der Waals surface area contributed by atoms with Crippen molar-refractivity contribution in [1.82, 2.24) is 14.5 Å². The van der Waals surface area contributed by atoms with Gasteiger partial charge in [-0.2, -0.15) is 0 Å². The second kappa shape index (κ2) is 6.40. The third kappa shape index (κ3) is 2.96. The molecule has 0 unspecified atom stereocenters. The number of aryl methyl sites for hydroxylation is 1. The second-order valence-electron chi connectivity index (χ2n) is 7.30. The van der Waals surface area contributed by atoms with Crippen molar-refractivity contribution in [1.29, 1.82) is 0 Å². The summed E-state index contributed by atoms with van der Waals surface area (Å²) < 4.78 is 2.32. The van der Waals surface area contributed by atoms with E-state index < -0.39 is 0 Å². The summed E-state index contributed by atoms with van der Waals surface area (Å²) in [5.74, 6) is 1.59. The predicted octanol–water partition coefficient (Wildman–Crippen LogP) is 3.49. The van der Waals surface area contributed by atoms with Crippen molar-refractivity contribution in [3.63, 3.8) is 0 Å². The van der Waals surface area contributed by atoms with Gasteiger partial charge in [-0.1, -0.05) is 45.4 Å². The van der Waals surface area contributed by atoms with E-state index in [1.165, 1.54) is 0 Å². The number of pyridine rings is 1. The Morgan fingerprint density at radius 2 is 1.92 bits per heavy atom. The van der Waals surface area contributed by atoms with Crippen LogP contribution >= 0.6 is 0 Å². The first-order valence-corrected chi connectivity index (χ1v) is 8.70. The first-order valence-electron chi connectivity index (χ1n) is 8.70. The standard InChI is InChI=1S/C19H27N5/c1-4-5-10-15-23-16-17(24(15)12-19(2,3)11-20)13-8-6-7-9-14(13)22-18(16)21/h6-9H,4-5,10-12,20H2,1-3H3,(H2,21,22). The van der Waals surface area contributed by atoms with E-state index in [1.54, 1.807) is 0 Å². The zero-order chi connectivity index (χ0) is 17.3. The number of anilines is 1. The number of para-hydroxylation sites is 1. The number of nitrogens with two attached hydrogens (primary N) is 2. The van der Waals surface area contributed by atoms with E-state index in [4.69, 9.17) is 16.5 Å². The Morgan fingerprint density at radius 3 is 2.62 bits per heavy atom. The quantitative estimate of drug-likeness (QED) is 0.726. The number of unbranched alkanes of at least 4 members (excludes halogenated alkanes) is 1. The van der Waals surface area contributed by atoms with Crippen molar-refractivity contribution in [3.05, 3.63) is 30.1 Å². The van der Waals surface area contributed by atoms with Gasteiger partial charge in [0.15, 0.2) is 5.82 Å². The molecule has 5 heteroatoms. The molecule has 3 rings (SSSR count). The number of nitrogens with zero attached hydrogens (tertiary/aromatic N) is 3. The fourth-order valence-corrected chi connectivity index (χ4v) is 3.09. The van der Waals surface area contributed by atoms with Crippen molar-refractivity contribution >= 4 is 27.8 Å². The maximum absolute atomic E-state index is 6.22. The Kier molecular flexibility index (Phi) is 4.45. The summed E-state index contributed by atoms with van der Waals surface area (Å²) in [4.78, 5) is 9.39. The number of nitrogen functional groups attached to an aromatic ring is 1. The van der Waals surface area contributed by atoms with Crippen molar-refractivity contribution < 1.29 is 0 Å². The van der Waals surface area contributed by atoms with E-state index in [9.17, 15) is 0 Å². The Hall–Kier alpha value is -2.14. The van der Waals surface area contributed by atoms with E-state index in [2.05, 4.69) is 36.4 Å². The van der Waals surface area contributed by atoms with Crippen LogP contribution in [0.15, 0.2) is 24.3 Å². The number of hydrogen-bond acceptors (Lipinski definition) is 4. The van der Waals surface area contributed by atoms with Gasteiger partial charge in [0.25, 0.3) is 0 Å². The molecule has 24 heavy (non-hydrogen) atoms. The smallest absolute Gasteiger partial charge is 0.152 e. The summed E-state index contributed by atoms with van der Waals surface area (Å²) in [7, 11) is 0. The van der Waals surface area contributed by atoms with Gasteiger partial charge in [-0.3, -0.25) is 0 Å². The molecule has 0 amide bonds. The molecule has 0 spiro atoms. The lowest BCUT2D eigenvalue weighted by molar-refractivity contribution is 0.317. The van der Waals surface area contributed by atoms with Crippen LogP contribution in [0.2, 0.25) is 0 Å². The zero-order valence-electron chi connectivity index (χ0n) is 14.8. The molecule has 4 N–H and O–H groups in total. The average molecular weight is 325 g/mol. The fraction of sp³-hybridized carbons (Fsp3) is 0.474. The van der Waals surface area contributed by atoms with Crippen LogP contribution < -0.4 is 11.5 Å². The van der Waals surface area contributed by atoms with Crippen LogP contribution in [-0.2, 0) is 13.0 Å². The van der Waals surface area contributed by atoms with E-state index >= 15 is 0 Å². The lowest BCUT2D eigenvalue weighted by atomic mass is 9.93.